The van der Waals surface area contributed by atoms with E-state index in [-0.39, 0.29) is 37.3 Å². The normalized spacial score (nSPS) is 21.1. The van der Waals surface area contributed by atoms with Crippen molar-refractivity contribution >= 4 is 40.5 Å². The van der Waals surface area contributed by atoms with E-state index in [1.165, 1.54) is 17.9 Å². The van der Waals surface area contributed by atoms with E-state index in [0.717, 1.165) is 82.5 Å². The molecular weight excluding hydrogens is 901 g/mol. The topological polar surface area (TPSA) is 180 Å². The van der Waals surface area contributed by atoms with Gasteiger partial charge in [0.25, 0.3) is 5.91 Å². The third-order valence-corrected chi connectivity index (χ3v) is 14.5. The summed E-state index contributed by atoms with van der Waals surface area (Å²) in [6.45, 7) is 22.4. The first-order chi connectivity index (χ1) is 33.7. The molecule has 0 radical (unpaired) electrons. The molecule has 0 spiro atoms. The van der Waals surface area contributed by atoms with Gasteiger partial charge < -0.3 is 39.4 Å². The molecule has 5 heterocycles. The highest BCUT2D eigenvalue weighted by Crippen LogP contribution is 2.43. The van der Waals surface area contributed by atoms with E-state index in [0.29, 0.717) is 37.9 Å². The molecule has 1 aliphatic carbocycles. The number of ether oxygens (including phenoxy) is 3. The molecule has 16 heteroatoms. The van der Waals surface area contributed by atoms with Crippen LogP contribution in [0.2, 0.25) is 0 Å². The highest BCUT2D eigenvalue weighted by atomic mass is 16.6. The number of rotatable bonds is 11. The smallest absolute Gasteiger partial charge is 0.407 e. The number of amides is 3. The Hall–Kier alpha value is -5.71. The molecule has 1 saturated carbocycles. The van der Waals surface area contributed by atoms with Gasteiger partial charge in [0, 0.05) is 87.3 Å². The molecule has 4 aliphatic rings. The number of hydrogen-bond acceptors (Lipinski definition) is 12. The summed E-state index contributed by atoms with van der Waals surface area (Å²) in [7, 11) is 1.71. The fourth-order valence-electron chi connectivity index (χ4n) is 10.5. The SMILES string of the molecule is CCn1c(-c2cc(N3CCN(C4CC4)CC3)cnc2[C@H](C)OC)c2c3cc(ccc31)-c1cc(O)cc(c1)C[C@H](NC(=O)[C@@H](CNC(=O)OC(C)(C)C)C(C)C)C(=O)N1CCC[C@H](N1)C(=O)OCC(C)(C)C2. The average molecular weight is 977 g/mol. The van der Waals surface area contributed by atoms with Crippen molar-refractivity contribution in [3.8, 4) is 28.1 Å². The van der Waals surface area contributed by atoms with E-state index in [9.17, 15) is 24.3 Å². The van der Waals surface area contributed by atoms with Gasteiger partial charge in [0.05, 0.1) is 41.9 Å². The highest BCUT2D eigenvalue weighted by molar-refractivity contribution is 5.96. The van der Waals surface area contributed by atoms with Crippen molar-refractivity contribution in [2.45, 2.75) is 137 Å². The second kappa shape index (κ2) is 21.2. The minimum absolute atomic E-state index is 0.0114. The Labute approximate surface area is 419 Å². The van der Waals surface area contributed by atoms with Crippen molar-refractivity contribution in [3.05, 3.63) is 65.5 Å². The third-order valence-electron chi connectivity index (χ3n) is 14.5. The first-order valence-corrected chi connectivity index (χ1v) is 25.7. The molecule has 16 nitrogen and oxygen atoms in total. The maximum absolute atomic E-state index is 14.7. The van der Waals surface area contributed by atoms with Crippen LogP contribution in [0.4, 0.5) is 10.5 Å². The van der Waals surface area contributed by atoms with Crippen LogP contribution in [0.1, 0.15) is 111 Å². The molecular formula is C55H76N8O8. The summed E-state index contributed by atoms with van der Waals surface area (Å²) in [5.74, 6) is -2.24. The highest BCUT2D eigenvalue weighted by Gasteiger charge is 2.37. The zero-order valence-electron chi connectivity index (χ0n) is 43.5. The summed E-state index contributed by atoms with van der Waals surface area (Å²) in [6, 6.07) is 12.8. The number of benzene rings is 2. The molecule has 0 unspecified atom stereocenters. The number of nitrogens with zero attached hydrogens (tertiary/aromatic N) is 5. The monoisotopic (exact) mass is 977 g/mol. The van der Waals surface area contributed by atoms with Crippen LogP contribution < -0.4 is 21.0 Å². The van der Waals surface area contributed by atoms with Gasteiger partial charge in [-0.05, 0) is 125 Å². The lowest BCUT2D eigenvalue weighted by molar-refractivity contribution is -0.155. The van der Waals surface area contributed by atoms with Gasteiger partial charge in [-0.2, -0.15) is 0 Å². The third kappa shape index (κ3) is 12.0. The van der Waals surface area contributed by atoms with Gasteiger partial charge in [-0.1, -0.05) is 39.8 Å². The van der Waals surface area contributed by atoms with Crippen molar-refractivity contribution in [2.24, 2.45) is 17.3 Å². The van der Waals surface area contributed by atoms with Gasteiger partial charge in [0.1, 0.15) is 23.4 Å². The number of anilines is 1. The molecule has 8 rings (SSSR count). The van der Waals surface area contributed by atoms with Crippen LogP contribution in [0.25, 0.3) is 33.3 Å². The molecule has 3 fully saturated rings. The molecule has 4 N–H and O–H groups in total. The van der Waals surface area contributed by atoms with E-state index in [2.05, 4.69) is 75.5 Å². The van der Waals surface area contributed by atoms with Gasteiger partial charge in [-0.3, -0.25) is 29.3 Å². The molecule has 3 aliphatic heterocycles. The van der Waals surface area contributed by atoms with Crippen LogP contribution in [-0.2, 0) is 48.0 Å². The number of aromatic hydroxyl groups is 1. The maximum Gasteiger partial charge on any atom is 0.407 e. The van der Waals surface area contributed by atoms with E-state index in [1.54, 1.807) is 40.0 Å². The summed E-state index contributed by atoms with van der Waals surface area (Å²) >= 11 is 0. The Bertz CT molecular complexity index is 2610. The minimum atomic E-state index is -1.11. The van der Waals surface area contributed by atoms with Crippen molar-refractivity contribution in [1.82, 2.24) is 35.5 Å². The second-order valence-electron chi connectivity index (χ2n) is 22.2. The van der Waals surface area contributed by atoms with Crippen molar-refractivity contribution in [1.29, 1.82) is 0 Å². The van der Waals surface area contributed by atoms with E-state index in [4.69, 9.17) is 19.2 Å². The zero-order valence-corrected chi connectivity index (χ0v) is 43.5. The van der Waals surface area contributed by atoms with Gasteiger partial charge in [0.15, 0.2) is 0 Å². The predicted octanol–water partition coefficient (Wildman–Crippen LogP) is 7.53. The molecule has 3 amide bonds. The quantitative estimate of drug-likeness (QED) is 0.109. The van der Waals surface area contributed by atoms with E-state index >= 15 is 0 Å². The fourth-order valence-corrected chi connectivity index (χ4v) is 10.5. The molecule has 6 bridgehead atoms. The van der Waals surface area contributed by atoms with Crippen molar-refractivity contribution in [3.63, 3.8) is 0 Å². The number of aryl methyl sites for hydroxylation is 1. The number of hydrazine groups is 1. The molecule has 2 saturated heterocycles. The number of carbonyl (C=O) groups is 4. The minimum Gasteiger partial charge on any atom is -0.508 e. The number of aromatic nitrogens is 2. The van der Waals surface area contributed by atoms with Crippen molar-refractivity contribution < 1.29 is 38.5 Å². The summed E-state index contributed by atoms with van der Waals surface area (Å²) in [5.41, 5.74) is 10.2. The first-order valence-electron chi connectivity index (χ1n) is 25.7. The number of carbonyl (C=O) groups excluding carboxylic acids is 4. The Morgan fingerprint density at radius 3 is 2.41 bits per heavy atom. The van der Waals surface area contributed by atoms with Crippen LogP contribution in [-0.4, -0.2) is 125 Å². The average Bonchev–Trinajstić information content (AvgIpc) is 4.14. The lowest BCUT2D eigenvalue weighted by atomic mass is 9.84. The maximum atomic E-state index is 14.7. The van der Waals surface area contributed by atoms with Crippen LogP contribution in [0.15, 0.2) is 48.7 Å². The number of piperazine rings is 1. The number of alkyl carbamates (subject to hydrolysis) is 1. The Kier molecular flexibility index (Phi) is 15.4. The van der Waals surface area contributed by atoms with Crippen molar-refractivity contribution in [2.75, 3.05) is 57.9 Å². The predicted molar refractivity (Wildman–Crippen MR) is 275 cm³/mol. The van der Waals surface area contributed by atoms with E-state index in [1.807, 2.05) is 33.0 Å². The number of phenolic OH excluding ortho intramolecular Hbond substituents is 1. The number of methoxy groups -OCH3 is 1. The molecule has 384 valence electrons. The van der Waals surface area contributed by atoms with E-state index < -0.39 is 52.9 Å². The zero-order chi connectivity index (χ0) is 50.9. The van der Waals surface area contributed by atoms with Crippen LogP contribution in [0.5, 0.6) is 5.75 Å². The second-order valence-corrected chi connectivity index (χ2v) is 22.2. The molecule has 2 aromatic heterocycles. The summed E-state index contributed by atoms with van der Waals surface area (Å²) in [4.78, 5) is 65.9. The number of phenols is 1. The Morgan fingerprint density at radius 2 is 1.73 bits per heavy atom. The summed E-state index contributed by atoms with van der Waals surface area (Å²) in [6.07, 6.45) is 5.19. The summed E-state index contributed by atoms with van der Waals surface area (Å²) in [5, 5.41) is 19.6. The number of hydrogen-bond donors (Lipinski definition) is 4. The number of pyridine rings is 1. The first kappa shape index (κ1) is 51.6. The van der Waals surface area contributed by atoms with Gasteiger partial charge >= 0.3 is 12.1 Å². The lowest BCUT2D eigenvalue weighted by Crippen LogP contribution is -2.61. The number of fused-ring (bicyclic) bond motifs is 6. The standard InChI is InChI=1S/C55H76N8O8/c1-11-62-47-17-14-36-27-41(47)43(49(62)42-28-39(30-56-48(42)34(4)69-10)61-21-19-60(20-22-61)38-15-16-38)29-55(8,9)32-70-52(67)45-13-12-18-63(59-45)51(66)46(25-35-23-37(36)26-40(64)24-35)58-50(65)44(33(2)3)31-57-53(68)71-54(5,6)7/h14,17,23-24,26-28,30,33-34,38,44-46,59,64H,11-13,15-16,18-22,25,29,31-32H2,1-10H3,(H,57,68)(H,58,65)/t34-,44-,45-,46-/m0/s1. The largest absolute Gasteiger partial charge is 0.508 e. The number of esters is 1. The Balaban J connectivity index is 1.22. The van der Waals surface area contributed by atoms with Crippen LogP contribution >= 0.6 is 0 Å². The fraction of sp³-hybridized carbons (Fsp3) is 0.582. The van der Waals surface area contributed by atoms with Gasteiger partial charge in [-0.15, -0.1) is 0 Å². The van der Waals surface area contributed by atoms with Gasteiger partial charge in [-0.25, -0.2) is 10.2 Å². The summed E-state index contributed by atoms with van der Waals surface area (Å²) < 4.78 is 20.0. The molecule has 4 atom stereocenters. The molecule has 2 aromatic carbocycles. The molecule has 4 aromatic rings. The van der Waals surface area contributed by atoms with Crippen LogP contribution in [0.3, 0.4) is 0 Å². The number of nitrogens with one attached hydrogen (secondary N) is 3. The molecule has 71 heavy (non-hydrogen) atoms. The Morgan fingerprint density at radius 1 is 0.986 bits per heavy atom. The van der Waals surface area contributed by atoms with Gasteiger partial charge in [0.2, 0.25) is 5.91 Å². The van der Waals surface area contributed by atoms with Crippen LogP contribution in [0, 0.1) is 17.3 Å². The lowest BCUT2D eigenvalue weighted by Gasteiger charge is -2.36. The number of cyclic esters (lactones) is 1.